The zero-order valence-corrected chi connectivity index (χ0v) is 12.4. The maximum absolute atomic E-state index is 12.0. The summed E-state index contributed by atoms with van der Waals surface area (Å²) in [6.07, 6.45) is 2.79. The Kier molecular flexibility index (Phi) is 5.39. The largest absolute Gasteiger partial charge is 0.349 e. The minimum atomic E-state index is -0.220. The van der Waals surface area contributed by atoms with Crippen molar-refractivity contribution in [3.8, 4) is 0 Å². The van der Waals surface area contributed by atoms with Crippen molar-refractivity contribution in [2.75, 3.05) is 6.54 Å². The quantitative estimate of drug-likeness (QED) is 0.870. The van der Waals surface area contributed by atoms with Crippen LogP contribution in [-0.4, -0.2) is 18.0 Å². The molecule has 1 aromatic rings. The standard InChI is InChI=1S/C15H22N2O.ClH/c1-11-3-5-12(6-4-11)9-14(18)17-15(2,10-16)13-7-8-13;/h3-6,13H,7-10,16H2,1-2H3,(H,17,18);1H. The van der Waals surface area contributed by atoms with Gasteiger partial charge in [0.2, 0.25) is 5.91 Å². The minimum Gasteiger partial charge on any atom is -0.349 e. The Labute approximate surface area is 121 Å². The molecule has 1 unspecified atom stereocenters. The van der Waals surface area contributed by atoms with Gasteiger partial charge in [-0.15, -0.1) is 12.4 Å². The highest BCUT2D eigenvalue weighted by Crippen LogP contribution is 2.38. The van der Waals surface area contributed by atoms with E-state index in [2.05, 4.69) is 12.2 Å². The van der Waals surface area contributed by atoms with E-state index in [4.69, 9.17) is 5.73 Å². The van der Waals surface area contributed by atoms with E-state index in [-0.39, 0.29) is 23.9 Å². The molecule has 1 aliphatic carbocycles. The molecule has 1 aliphatic rings. The number of benzene rings is 1. The topological polar surface area (TPSA) is 55.1 Å². The van der Waals surface area contributed by atoms with Crippen LogP contribution in [0.5, 0.6) is 0 Å². The van der Waals surface area contributed by atoms with Crippen LogP contribution in [-0.2, 0) is 11.2 Å². The minimum absolute atomic E-state index is 0. The van der Waals surface area contributed by atoms with Crippen LogP contribution in [0.1, 0.15) is 30.9 Å². The van der Waals surface area contributed by atoms with Gasteiger partial charge in [0.05, 0.1) is 12.0 Å². The SMILES string of the molecule is Cc1ccc(CC(=O)NC(C)(CN)C2CC2)cc1.Cl. The zero-order chi connectivity index (χ0) is 13.2. The van der Waals surface area contributed by atoms with Crippen molar-refractivity contribution in [3.05, 3.63) is 35.4 Å². The molecule has 4 heteroatoms. The Bertz CT molecular complexity index is 428. The third-order valence-electron chi connectivity index (χ3n) is 3.81. The normalized spacial score (nSPS) is 17.2. The number of hydrogen-bond acceptors (Lipinski definition) is 2. The lowest BCUT2D eigenvalue weighted by Gasteiger charge is -2.29. The van der Waals surface area contributed by atoms with Crippen molar-refractivity contribution in [1.29, 1.82) is 0 Å². The molecule has 1 fully saturated rings. The second kappa shape index (κ2) is 6.40. The molecule has 1 atom stereocenters. The highest BCUT2D eigenvalue weighted by atomic mass is 35.5. The molecule has 106 valence electrons. The van der Waals surface area contributed by atoms with Crippen molar-refractivity contribution in [2.24, 2.45) is 11.7 Å². The number of carbonyl (C=O) groups is 1. The van der Waals surface area contributed by atoms with Crippen LogP contribution in [0.3, 0.4) is 0 Å². The first-order valence-corrected chi connectivity index (χ1v) is 6.60. The molecule has 2 rings (SSSR count). The van der Waals surface area contributed by atoms with Gasteiger partial charge in [-0.3, -0.25) is 4.79 Å². The fraction of sp³-hybridized carbons (Fsp3) is 0.533. The predicted octanol–water partition coefficient (Wildman–Crippen LogP) is 2.20. The Morgan fingerprint density at radius 1 is 1.37 bits per heavy atom. The van der Waals surface area contributed by atoms with Gasteiger partial charge in [0.15, 0.2) is 0 Å². The molecule has 0 bridgehead atoms. The number of carbonyl (C=O) groups excluding carboxylic acids is 1. The van der Waals surface area contributed by atoms with Gasteiger partial charge in [0, 0.05) is 6.54 Å². The number of aryl methyl sites for hydroxylation is 1. The maximum atomic E-state index is 12.0. The van der Waals surface area contributed by atoms with E-state index in [1.807, 2.05) is 31.2 Å². The second-order valence-corrected chi connectivity index (χ2v) is 5.61. The number of halogens is 1. The van der Waals surface area contributed by atoms with Crippen LogP contribution in [0, 0.1) is 12.8 Å². The number of amides is 1. The molecule has 1 saturated carbocycles. The monoisotopic (exact) mass is 282 g/mol. The lowest BCUT2D eigenvalue weighted by molar-refractivity contribution is -0.122. The van der Waals surface area contributed by atoms with Crippen LogP contribution >= 0.6 is 12.4 Å². The van der Waals surface area contributed by atoms with E-state index in [1.165, 1.54) is 18.4 Å². The van der Waals surface area contributed by atoms with E-state index in [9.17, 15) is 4.79 Å². The summed E-state index contributed by atoms with van der Waals surface area (Å²) in [5, 5.41) is 3.10. The Balaban J connectivity index is 0.00000180. The highest BCUT2D eigenvalue weighted by Gasteiger charge is 2.41. The summed E-state index contributed by atoms with van der Waals surface area (Å²) < 4.78 is 0. The molecule has 0 aromatic heterocycles. The summed E-state index contributed by atoms with van der Waals surface area (Å²) in [5.74, 6) is 0.628. The molecule has 0 aliphatic heterocycles. The average molecular weight is 283 g/mol. The summed E-state index contributed by atoms with van der Waals surface area (Å²) in [6.45, 7) is 4.61. The molecule has 3 N–H and O–H groups in total. The van der Waals surface area contributed by atoms with E-state index < -0.39 is 0 Å². The summed E-state index contributed by atoms with van der Waals surface area (Å²) in [5.41, 5.74) is 7.84. The lowest BCUT2D eigenvalue weighted by atomic mass is 9.95. The molecule has 1 aromatic carbocycles. The third-order valence-corrected chi connectivity index (χ3v) is 3.81. The van der Waals surface area contributed by atoms with Gasteiger partial charge < -0.3 is 11.1 Å². The molecule has 0 heterocycles. The third kappa shape index (κ3) is 4.22. The van der Waals surface area contributed by atoms with Crippen LogP contribution in [0.15, 0.2) is 24.3 Å². The van der Waals surface area contributed by atoms with Gasteiger partial charge >= 0.3 is 0 Å². The first-order valence-electron chi connectivity index (χ1n) is 6.60. The second-order valence-electron chi connectivity index (χ2n) is 5.61. The van der Waals surface area contributed by atoms with Crippen LogP contribution in [0.4, 0.5) is 0 Å². The summed E-state index contributed by atoms with van der Waals surface area (Å²) in [4.78, 5) is 12.0. The maximum Gasteiger partial charge on any atom is 0.224 e. The molecular weight excluding hydrogens is 260 g/mol. The summed E-state index contributed by atoms with van der Waals surface area (Å²) in [6, 6.07) is 8.08. The smallest absolute Gasteiger partial charge is 0.224 e. The van der Waals surface area contributed by atoms with Gasteiger partial charge in [-0.1, -0.05) is 29.8 Å². The molecule has 19 heavy (non-hydrogen) atoms. The number of hydrogen-bond donors (Lipinski definition) is 2. The van der Waals surface area contributed by atoms with E-state index in [1.54, 1.807) is 0 Å². The predicted molar refractivity (Wildman–Crippen MR) is 80.5 cm³/mol. The van der Waals surface area contributed by atoms with Gasteiger partial charge in [-0.2, -0.15) is 0 Å². The van der Waals surface area contributed by atoms with Crippen molar-refractivity contribution in [2.45, 2.75) is 38.6 Å². The first kappa shape index (κ1) is 16.0. The molecule has 0 radical (unpaired) electrons. The van der Waals surface area contributed by atoms with Gasteiger partial charge in [0.25, 0.3) is 0 Å². The van der Waals surface area contributed by atoms with Crippen molar-refractivity contribution >= 4 is 18.3 Å². The number of rotatable bonds is 5. The fourth-order valence-electron chi connectivity index (χ4n) is 2.29. The van der Waals surface area contributed by atoms with Crippen molar-refractivity contribution in [3.63, 3.8) is 0 Å². The van der Waals surface area contributed by atoms with Crippen LogP contribution in [0.2, 0.25) is 0 Å². The Hall–Kier alpha value is -1.06. The average Bonchev–Trinajstić information content (AvgIpc) is 3.16. The zero-order valence-electron chi connectivity index (χ0n) is 11.6. The summed E-state index contributed by atoms with van der Waals surface area (Å²) in [7, 11) is 0. The van der Waals surface area contributed by atoms with E-state index in [0.717, 1.165) is 5.56 Å². The van der Waals surface area contributed by atoms with E-state index >= 15 is 0 Å². The molecule has 1 amide bonds. The molecular formula is C15H23ClN2O. The molecule has 3 nitrogen and oxygen atoms in total. The van der Waals surface area contributed by atoms with Gasteiger partial charge in [-0.05, 0) is 38.2 Å². The van der Waals surface area contributed by atoms with Crippen LogP contribution in [0.25, 0.3) is 0 Å². The van der Waals surface area contributed by atoms with Crippen LogP contribution < -0.4 is 11.1 Å². The fourth-order valence-corrected chi connectivity index (χ4v) is 2.29. The summed E-state index contributed by atoms with van der Waals surface area (Å²) >= 11 is 0. The van der Waals surface area contributed by atoms with E-state index in [0.29, 0.717) is 18.9 Å². The Morgan fingerprint density at radius 2 is 1.95 bits per heavy atom. The lowest BCUT2D eigenvalue weighted by Crippen LogP contribution is -2.53. The van der Waals surface area contributed by atoms with Crippen molar-refractivity contribution in [1.82, 2.24) is 5.32 Å². The molecule has 0 spiro atoms. The number of nitrogens with two attached hydrogens (primary N) is 1. The Morgan fingerprint density at radius 3 is 2.42 bits per heavy atom. The van der Waals surface area contributed by atoms with Gasteiger partial charge in [0.1, 0.15) is 0 Å². The van der Waals surface area contributed by atoms with Gasteiger partial charge in [-0.25, -0.2) is 0 Å². The first-order chi connectivity index (χ1) is 8.53. The highest BCUT2D eigenvalue weighted by molar-refractivity contribution is 5.85. The molecule has 0 saturated heterocycles. The van der Waals surface area contributed by atoms with Crippen molar-refractivity contribution < 1.29 is 4.79 Å². The number of nitrogens with one attached hydrogen (secondary N) is 1.